The van der Waals surface area contributed by atoms with Crippen molar-refractivity contribution in [2.75, 3.05) is 20.1 Å². The van der Waals surface area contributed by atoms with Crippen LogP contribution in [-0.2, 0) is 16.0 Å². The summed E-state index contributed by atoms with van der Waals surface area (Å²) >= 11 is 0. The molecule has 0 bridgehead atoms. The van der Waals surface area contributed by atoms with E-state index in [2.05, 4.69) is 24.3 Å². The van der Waals surface area contributed by atoms with Crippen LogP contribution < -0.4 is 0 Å². The summed E-state index contributed by atoms with van der Waals surface area (Å²) in [6, 6.07) is 8.70. The summed E-state index contributed by atoms with van der Waals surface area (Å²) in [5, 5.41) is 0. The first kappa shape index (κ1) is 15.7. The highest BCUT2D eigenvalue weighted by molar-refractivity contribution is 5.82. The van der Waals surface area contributed by atoms with E-state index in [0.717, 1.165) is 51.6 Å². The van der Waals surface area contributed by atoms with Gasteiger partial charge in [0.1, 0.15) is 0 Å². The van der Waals surface area contributed by atoms with Crippen LogP contribution in [0.4, 0.5) is 0 Å². The molecule has 1 saturated heterocycles. The zero-order valence-corrected chi connectivity index (χ0v) is 14.4. The van der Waals surface area contributed by atoms with E-state index in [1.54, 1.807) is 0 Å². The molecule has 1 aliphatic heterocycles. The van der Waals surface area contributed by atoms with Crippen molar-refractivity contribution < 1.29 is 9.59 Å². The van der Waals surface area contributed by atoms with Crippen LogP contribution in [0.15, 0.2) is 24.3 Å². The first-order valence-corrected chi connectivity index (χ1v) is 9.28. The fourth-order valence-electron chi connectivity index (χ4n) is 4.31. The van der Waals surface area contributed by atoms with Crippen LogP contribution >= 0.6 is 0 Å². The van der Waals surface area contributed by atoms with Gasteiger partial charge in [0.2, 0.25) is 11.8 Å². The van der Waals surface area contributed by atoms with Gasteiger partial charge in [0.15, 0.2) is 0 Å². The Morgan fingerprint density at radius 2 is 1.71 bits per heavy atom. The first-order chi connectivity index (χ1) is 11.6. The van der Waals surface area contributed by atoms with Crippen molar-refractivity contribution in [2.45, 2.75) is 44.6 Å². The molecule has 1 aromatic rings. The third-order valence-corrected chi connectivity index (χ3v) is 6.00. The average Bonchev–Trinajstić information content (AvgIpc) is 3.39. The van der Waals surface area contributed by atoms with E-state index in [1.807, 2.05) is 16.8 Å². The summed E-state index contributed by atoms with van der Waals surface area (Å²) in [7, 11) is 1.96. The van der Waals surface area contributed by atoms with Crippen molar-refractivity contribution in [3.05, 3.63) is 35.4 Å². The van der Waals surface area contributed by atoms with Gasteiger partial charge < -0.3 is 9.80 Å². The van der Waals surface area contributed by atoms with Gasteiger partial charge in [-0.3, -0.25) is 9.59 Å². The maximum atomic E-state index is 12.9. The Bertz CT molecular complexity index is 645. The monoisotopic (exact) mass is 326 g/mol. The van der Waals surface area contributed by atoms with Crippen LogP contribution in [0.5, 0.6) is 0 Å². The lowest BCUT2D eigenvalue weighted by molar-refractivity contribution is -0.141. The number of hydrogen-bond donors (Lipinski definition) is 0. The molecule has 1 aromatic carbocycles. The van der Waals surface area contributed by atoms with E-state index in [4.69, 9.17) is 0 Å². The van der Waals surface area contributed by atoms with Gasteiger partial charge in [-0.15, -0.1) is 0 Å². The predicted molar refractivity (Wildman–Crippen MR) is 92.3 cm³/mol. The lowest BCUT2D eigenvalue weighted by Crippen LogP contribution is -2.44. The molecule has 4 rings (SSSR count). The molecular weight excluding hydrogens is 300 g/mol. The van der Waals surface area contributed by atoms with E-state index >= 15 is 0 Å². The lowest BCUT2D eigenvalue weighted by atomic mass is 9.94. The Labute approximate surface area is 143 Å². The Morgan fingerprint density at radius 3 is 2.42 bits per heavy atom. The van der Waals surface area contributed by atoms with Crippen molar-refractivity contribution in [3.8, 4) is 0 Å². The van der Waals surface area contributed by atoms with Crippen LogP contribution in [0.25, 0.3) is 0 Å². The molecule has 2 aliphatic carbocycles. The molecule has 1 saturated carbocycles. The summed E-state index contributed by atoms with van der Waals surface area (Å²) in [6.45, 7) is 1.50. The number of carbonyl (C=O) groups excluding carboxylic acids is 2. The zero-order valence-electron chi connectivity index (χ0n) is 14.4. The lowest BCUT2D eigenvalue weighted by Gasteiger charge is -2.35. The molecule has 4 heteroatoms. The molecule has 0 N–H and O–H groups in total. The maximum absolute atomic E-state index is 12.9. The van der Waals surface area contributed by atoms with Gasteiger partial charge >= 0.3 is 0 Å². The molecule has 24 heavy (non-hydrogen) atoms. The fourth-order valence-corrected chi connectivity index (χ4v) is 4.31. The van der Waals surface area contributed by atoms with Crippen LogP contribution in [-0.4, -0.2) is 41.8 Å². The number of rotatable bonds is 3. The Balaban J connectivity index is 1.37. The third kappa shape index (κ3) is 2.83. The van der Waals surface area contributed by atoms with Crippen molar-refractivity contribution in [1.82, 2.24) is 9.80 Å². The Kier molecular flexibility index (Phi) is 4.07. The highest BCUT2D eigenvalue weighted by Crippen LogP contribution is 2.37. The van der Waals surface area contributed by atoms with Gasteiger partial charge in [-0.25, -0.2) is 0 Å². The molecule has 2 fully saturated rings. The minimum atomic E-state index is 0.0750. The van der Waals surface area contributed by atoms with Crippen molar-refractivity contribution in [3.63, 3.8) is 0 Å². The molecule has 1 atom stereocenters. The summed E-state index contributed by atoms with van der Waals surface area (Å²) in [5.74, 6) is 0.940. The van der Waals surface area contributed by atoms with Gasteiger partial charge in [-0.2, -0.15) is 0 Å². The molecule has 1 unspecified atom stereocenters. The van der Waals surface area contributed by atoms with E-state index in [9.17, 15) is 9.59 Å². The highest BCUT2D eigenvalue weighted by atomic mass is 16.2. The number of benzene rings is 1. The number of aryl methyl sites for hydroxylation is 1. The molecule has 0 radical (unpaired) electrons. The fraction of sp³-hybridized carbons (Fsp3) is 0.600. The molecular formula is C20H26N2O2. The number of piperidine rings is 1. The number of likely N-dealkylation sites (tertiary alicyclic amines) is 1. The summed E-state index contributed by atoms with van der Waals surface area (Å²) in [6.07, 6.45) is 5.84. The van der Waals surface area contributed by atoms with Gasteiger partial charge in [0.25, 0.3) is 0 Å². The van der Waals surface area contributed by atoms with Crippen LogP contribution in [0.2, 0.25) is 0 Å². The van der Waals surface area contributed by atoms with Gasteiger partial charge in [0.05, 0.1) is 6.04 Å². The Morgan fingerprint density at radius 1 is 1.00 bits per heavy atom. The normalized spacial score (nSPS) is 23.9. The van der Waals surface area contributed by atoms with Gasteiger partial charge in [-0.05, 0) is 49.7 Å². The molecule has 4 nitrogen and oxygen atoms in total. The van der Waals surface area contributed by atoms with E-state index < -0.39 is 0 Å². The molecule has 2 amide bonds. The summed E-state index contributed by atoms with van der Waals surface area (Å²) in [4.78, 5) is 29.0. The quantitative estimate of drug-likeness (QED) is 0.857. The smallest absolute Gasteiger partial charge is 0.226 e. The number of hydrogen-bond acceptors (Lipinski definition) is 2. The second-order valence-corrected chi connectivity index (χ2v) is 7.58. The van der Waals surface area contributed by atoms with Crippen molar-refractivity contribution in [2.24, 2.45) is 11.8 Å². The van der Waals surface area contributed by atoms with Crippen molar-refractivity contribution in [1.29, 1.82) is 0 Å². The zero-order chi connectivity index (χ0) is 16.7. The topological polar surface area (TPSA) is 40.6 Å². The first-order valence-electron chi connectivity index (χ1n) is 9.28. The molecule has 128 valence electrons. The van der Waals surface area contributed by atoms with E-state index in [-0.39, 0.29) is 23.8 Å². The van der Waals surface area contributed by atoms with Crippen LogP contribution in [0.1, 0.15) is 49.3 Å². The second-order valence-electron chi connectivity index (χ2n) is 7.58. The van der Waals surface area contributed by atoms with Crippen LogP contribution in [0, 0.1) is 11.8 Å². The minimum Gasteiger partial charge on any atom is -0.342 e. The average molecular weight is 326 g/mol. The summed E-state index contributed by atoms with van der Waals surface area (Å²) in [5.41, 5.74) is 2.70. The second kappa shape index (κ2) is 6.23. The Hall–Kier alpha value is -1.84. The van der Waals surface area contributed by atoms with Crippen molar-refractivity contribution >= 4 is 11.8 Å². The standard InChI is InChI=1S/C20H26N2O2/c1-21(18-9-8-14-4-2-3-5-17(14)18)19(23)16-10-12-22(13-11-16)20(24)15-6-7-15/h2-5,15-16,18H,6-13H2,1H3. The summed E-state index contributed by atoms with van der Waals surface area (Å²) < 4.78 is 0. The van der Waals surface area contributed by atoms with Gasteiger partial charge in [-0.1, -0.05) is 24.3 Å². The van der Waals surface area contributed by atoms with E-state index in [0.29, 0.717) is 5.91 Å². The molecule has 3 aliphatic rings. The highest BCUT2D eigenvalue weighted by Gasteiger charge is 2.37. The van der Waals surface area contributed by atoms with E-state index in [1.165, 1.54) is 11.1 Å². The number of nitrogens with zero attached hydrogens (tertiary/aromatic N) is 2. The minimum absolute atomic E-state index is 0.0750. The predicted octanol–water partition coefficient (Wildman–Crippen LogP) is 2.78. The maximum Gasteiger partial charge on any atom is 0.226 e. The molecule has 0 aromatic heterocycles. The molecule has 0 spiro atoms. The third-order valence-electron chi connectivity index (χ3n) is 6.00. The molecule has 1 heterocycles. The van der Waals surface area contributed by atoms with Crippen LogP contribution in [0.3, 0.4) is 0 Å². The number of fused-ring (bicyclic) bond motifs is 1. The SMILES string of the molecule is CN(C(=O)C1CCN(C(=O)C2CC2)CC1)C1CCc2ccccc21. The largest absolute Gasteiger partial charge is 0.342 e. The number of carbonyl (C=O) groups is 2. The number of amides is 2. The van der Waals surface area contributed by atoms with Gasteiger partial charge in [0, 0.05) is 32.0 Å².